The number of aromatic nitrogens is 3. The Morgan fingerprint density at radius 1 is 1.21 bits per heavy atom. The van der Waals surface area contributed by atoms with E-state index in [9.17, 15) is 9.59 Å². The molecule has 3 aromatic heterocycles. The molecule has 1 atom stereocenters. The molecule has 0 spiro atoms. The smallest absolute Gasteiger partial charge is 0.252 e. The van der Waals surface area contributed by atoms with Crippen LogP contribution in [0.5, 0.6) is 0 Å². The lowest BCUT2D eigenvalue weighted by atomic mass is 10.1. The second-order valence-corrected chi connectivity index (χ2v) is 8.39. The summed E-state index contributed by atoms with van der Waals surface area (Å²) in [6.45, 7) is 11.3. The van der Waals surface area contributed by atoms with Crippen molar-refractivity contribution in [1.29, 1.82) is 0 Å². The van der Waals surface area contributed by atoms with E-state index in [2.05, 4.69) is 20.7 Å². The van der Waals surface area contributed by atoms with Crippen LogP contribution in [0.3, 0.4) is 0 Å². The maximum Gasteiger partial charge on any atom is 0.252 e. The van der Waals surface area contributed by atoms with E-state index >= 15 is 0 Å². The van der Waals surface area contributed by atoms with Gasteiger partial charge in [-0.1, -0.05) is 0 Å². The molecule has 3 aromatic rings. The van der Waals surface area contributed by atoms with Gasteiger partial charge in [-0.15, -0.1) is 0 Å². The minimum absolute atomic E-state index is 0.0687. The highest BCUT2D eigenvalue weighted by Crippen LogP contribution is 2.26. The fourth-order valence-electron chi connectivity index (χ4n) is 2.95. The van der Waals surface area contributed by atoms with Crippen molar-refractivity contribution in [3.05, 3.63) is 36.2 Å². The first-order chi connectivity index (χ1) is 13.6. The molecule has 154 valence electrons. The summed E-state index contributed by atoms with van der Waals surface area (Å²) >= 11 is 0. The number of rotatable bonds is 5. The van der Waals surface area contributed by atoms with Crippen molar-refractivity contribution in [2.24, 2.45) is 0 Å². The van der Waals surface area contributed by atoms with E-state index in [-0.39, 0.29) is 23.4 Å². The van der Waals surface area contributed by atoms with E-state index < -0.39 is 6.04 Å². The van der Waals surface area contributed by atoms with E-state index in [1.807, 2.05) is 34.6 Å². The molecule has 3 rings (SSSR count). The van der Waals surface area contributed by atoms with E-state index in [4.69, 9.17) is 4.42 Å². The zero-order valence-electron chi connectivity index (χ0n) is 17.6. The lowest BCUT2D eigenvalue weighted by Gasteiger charge is -2.23. The van der Waals surface area contributed by atoms with Gasteiger partial charge >= 0.3 is 0 Å². The summed E-state index contributed by atoms with van der Waals surface area (Å²) in [6.07, 6.45) is 3.18. The molecule has 0 aliphatic rings. The van der Waals surface area contributed by atoms with Crippen LogP contribution in [0, 0.1) is 0 Å². The quantitative estimate of drug-likeness (QED) is 0.688. The summed E-state index contributed by atoms with van der Waals surface area (Å²) in [7, 11) is 0. The highest BCUT2D eigenvalue weighted by atomic mass is 16.3. The zero-order chi connectivity index (χ0) is 21.3. The van der Waals surface area contributed by atoms with Gasteiger partial charge in [0.1, 0.15) is 11.7 Å². The van der Waals surface area contributed by atoms with Gasteiger partial charge in [0.25, 0.3) is 5.91 Å². The Morgan fingerprint density at radius 2 is 1.93 bits per heavy atom. The maximum absolute atomic E-state index is 13.1. The van der Waals surface area contributed by atoms with Gasteiger partial charge in [0.15, 0.2) is 11.4 Å². The van der Waals surface area contributed by atoms with Crippen LogP contribution in [-0.4, -0.2) is 38.2 Å². The van der Waals surface area contributed by atoms with E-state index in [1.165, 1.54) is 0 Å². The van der Waals surface area contributed by atoms with Crippen molar-refractivity contribution in [3.8, 4) is 11.5 Å². The van der Waals surface area contributed by atoms with Gasteiger partial charge in [-0.25, -0.2) is 9.67 Å². The first-order valence-corrected chi connectivity index (χ1v) is 9.62. The van der Waals surface area contributed by atoms with Crippen LogP contribution in [0.1, 0.15) is 57.9 Å². The lowest BCUT2D eigenvalue weighted by Crippen LogP contribution is -2.50. The molecule has 0 aliphatic heterocycles. The topological polar surface area (TPSA) is 102 Å². The van der Waals surface area contributed by atoms with Gasteiger partial charge < -0.3 is 15.1 Å². The summed E-state index contributed by atoms with van der Waals surface area (Å²) in [5.74, 6) is -0.0682. The lowest BCUT2D eigenvalue weighted by molar-refractivity contribution is -0.124. The van der Waals surface area contributed by atoms with Crippen LogP contribution in [-0.2, 0) is 4.79 Å². The monoisotopic (exact) mass is 397 g/mol. The second kappa shape index (κ2) is 7.69. The Morgan fingerprint density at radius 3 is 2.52 bits per heavy atom. The molecule has 0 aromatic carbocycles. The molecule has 2 N–H and O–H groups in total. The Bertz CT molecular complexity index is 1030. The Labute approximate surface area is 169 Å². The molecule has 0 saturated carbocycles. The molecule has 8 heteroatoms. The van der Waals surface area contributed by atoms with Crippen LogP contribution >= 0.6 is 0 Å². The number of nitrogens with one attached hydrogen (secondary N) is 2. The molecular weight excluding hydrogens is 370 g/mol. The summed E-state index contributed by atoms with van der Waals surface area (Å²) in [6, 6.07) is 4.58. The van der Waals surface area contributed by atoms with Gasteiger partial charge in [0, 0.05) is 11.6 Å². The minimum atomic E-state index is -0.697. The molecule has 0 saturated heterocycles. The van der Waals surface area contributed by atoms with Crippen molar-refractivity contribution in [2.45, 2.75) is 59.2 Å². The van der Waals surface area contributed by atoms with Crippen molar-refractivity contribution in [3.63, 3.8) is 0 Å². The number of hydrogen-bond donors (Lipinski definition) is 2. The fourth-order valence-corrected chi connectivity index (χ4v) is 2.95. The minimum Gasteiger partial charge on any atom is -0.463 e. The number of amides is 2. The Hall–Kier alpha value is -3.16. The third-order valence-electron chi connectivity index (χ3n) is 4.31. The summed E-state index contributed by atoms with van der Waals surface area (Å²) in [5, 5.41) is 10.7. The summed E-state index contributed by atoms with van der Waals surface area (Å²) in [5.41, 5.74) is 1.13. The largest absolute Gasteiger partial charge is 0.463 e. The third-order valence-corrected chi connectivity index (χ3v) is 4.31. The maximum atomic E-state index is 13.1. The van der Waals surface area contributed by atoms with Gasteiger partial charge in [-0.3, -0.25) is 9.59 Å². The Balaban J connectivity index is 1.99. The number of fused-ring (bicyclic) bond motifs is 1. The zero-order valence-corrected chi connectivity index (χ0v) is 17.6. The number of carbonyl (C=O) groups is 2. The molecule has 29 heavy (non-hydrogen) atoms. The van der Waals surface area contributed by atoms with Gasteiger partial charge in [0.05, 0.1) is 23.4 Å². The van der Waals surface area contributed by atoms with E-state index in [0.29, 0.717) is 28.1 Å². The normalized spacial score (nSPS) is 12.9. The highest BCUT2D eigenvalue weighted by molar-refractivity contribution is 6.07. The number of pyridine rings is 1. The first-order valence-electron chi connectivity index (χ1n) is 9.62. The average Bonchev–Trinajstić information content (AvgIpc) is 3.28. The molecule has 1 unspecified atom stereocenters. The Kier molecular flexibility index (Phi) is 5.46. The van der Waals surface area contributed by atoms with Crippen LogP contribution in [0.2, 0.25) is 0 Å². The van der Waals surface area contributed by atoms with Crippen molar-refractivity contribution in [1.82, 2.24) is 25.4 Å². The highest BCUT2D eigenvalue weighted by Gasteiger charge is 2.24. The van der Waals surface area contributed by atoms with Crippen LogP contribution in [0.4, 0.5) is 0 Å². The number of hydrogen-bond acceptors (Lipinski definition) is 5. The predicted octanol–water partition coefficient (Wildman–Crippen LogP) is 3.31. The predicted molar refractivity (Wildman–Crippen MR) is 110 cm³/mol. The molecule has 3 heterocycles. The third kappa shape index (κ3) is 4.47. The van der Waals surface area contributed by atoms with Crippen LogP contribution in [0.15, 0.2) is 35.1 Å². The van der Waals surface area contributed by atoms with E-state index in [1.54, 1.807) is 42.3 Å². The van der Waals surface area contributed by atoms with Gasteiger partial charge in [-0.05, 0) is 59.7 Å². The SMILES string of the molecule is CC(NC(=O)c1cc(-c2ccco2)nc2c1cnn2C(C)C)C(=O)NC(C)(C)C. The summed E-state index contributed by atoms with van der Waals surface area (Å²) in [4.78, 5) is 30.1. The number of carbonyl (C=O) groups excluding carboxylic acids is 2. The molecule has 0 bridgehead atoms. The van der Waals surface area contributed by atoms with E-state index in [0.717, 1.165) is 0 Å². The molecule has 8 nitrogen and oxygen atoms in total. The van der Waals surface area contributed by atoms with Crippen molar-refractivity contribution < 1.29 is 14.0 Å². The second-order valence-electron chi connectivity index (χ2n) is 8.39. The molecule has 0 aliphatic carbocycles. The van der Waals surface area contributed by atoms with Crippen molar-refractivity contribution >= 4 is 22.8 Å². The fraction of sp³-hybridized carbons (Fsp3) is 0.429. The molecule has 0 fully saturated rings. The van der Waals surface area contributed by atoms with Crippen molar-refractivity contribution in [2.75, 3.05) is 0 Å². The number of nitrogens with zero attached hydrogens (tertiary/aromatic N) is 3. The molecule has 2 amide bonds. The molecule has 0 radical (unpaired) electrons. The number of furan rings is 1. The van der Waals surface area contributed by atoms with Gasteiger partial charge in [0.2, 0.25) is 5.91 Å². The average molecular weight is 397 g/mol. The summed E-state index contributed by atoms with van der Waals surface area (Å²) < 4.78 is 7.22. The van der Waals surface area contributed by atoms with Crippen LogP contribution < -0.4 is 10.6 Å². The molecular formula is C21H27N5O3. The standard InChI is InChI=1S/C21H27N5O3/c1-12(2)26-18-15(11-22-26)14(10-16(24-18)17-8-7-9-29-17)20(28)23-13(3)19(27)25-21(4,5)6/h7-13H,1-6H3,(H,23,28)(H,25,27). The first kappa shape index (κ1) is 20.6. The van der Waals surface area contributed by atoms with Crippen LogP contribution in [0.25, 0.3) is 22.5 Å². The van der Waals surface area contributed by atoms with Gasteiger partial charge in [-0.2, -0.15) is 5.10 Å².